The minimum Gasteiger partial charge on any atom is -0.465 e. The van der Waals surface area contributed by atoms with Crippen molar-refractivity contribution in [3.63, 3.8) is 0 Å². The van der Waals surface area contributed by atoms with E-state index in [0.29, 0.717) is 12.2 Å². The van der Waals surface area contributed by atoms with Gasteiger partial charge in [-0.25, -0.2) is 0 Å². The van der Waals surface area contributed by atoms with Crippen molar-refractivity contribution in [1.29, 1.82) is 0 Å². The minimum absolute atomic E-state index is 0.149. The van der Waals surface area contributed by atoms with Gasteiger partial charge in [0.2, 0.25) is 0 Å². The highest BCUT2D eigenvalue weighted by atomic mass is 16.6. The van der Waals surface area contributed by atoms with E-state index in [0.717, 1.165) is 0 Å². The normalized spacial score (nSPS) is 26.2. The van der Waals surface area contributed by atoms with Crippen LogP contribution in [0.25, 0.3) is 0 Å². The Kier molecular flexibility index (Phi) is 2.11. The number of rotatable bonds is 2. The maximum atomic E-state index is 11.2. The smallest absolute Gasteiger partial charge is 0.317 e. The standard InChI is InChI=1S/C10H10O4/c1-6(11)7-5-9(14-10(7)12)8-3-2-4-13-8/h2-4,7,9H,5H2,1H3. The highest BCUT2D eigenvalue weighted by molar-refractivity contribution is 5.98. The van der Waals surface area contributed by atoms with E-state index in [-0.39, 0.29) is 5.78 Å². The van der Waals surface area contributed by atoms with Crippen molar-refractivity contribution >= 4 is 11.8 Å². The Bertz CT molecular complexity index is 352. The molecule has 14 heavy (non-hydrogen) atoms. The SMILES string of the molecule is CC(=O)C1CC(c2ccco2)OC1=O. The summed E-state index contributed by atoms with van der Waals surface area (Å²) in [4.78, 5) is 22.3. The lowest BCUT2D eigenvalue weighted by molar-refractivity contribution is -0.147. The molecule has 4 heteroatoms. The van der Waals surface area contributed by atoms with Crippen LogP contribution in [0.1, 0.15) is 25.2 Å². The molecule has 0 aromatic carbocycles. The second kappa shape index (κ2) is 3.29. The molecule has 1 aromatic heterocycles. The van der Waals surface area contributed by atoms with Gasteiger partial charge in [-0.15, -0.1) is 0 Å². The predicted molar refractivity (Wildman–Crippen MR) is 46.3 cm³/mol. The Morgan fingerprint density at radius 1 is 1.57 bits per heavy atom. The average Bonchev–Trinajstić information content (AvgIpc) is 2.70. The summed E-state index contributed by atoms with van der Waals surface area (Å²) in [6.45, 7) is 1.40. The summed E-state index contributed by atoms with van der Waals surface area (Å²) in [5.74, 6) is -0.616. The maximum absolute atomic E-state index is 11.2. The average molecular weight is 194 g/mol. The summed E-state index contributed by atoms with van der Waals surface area (Å²) in [5.41, 5.74) is 0. The fourth-order valence-electron chi connectivity index (χ4n) is 1.56. The molecule has 0 saturated carbocycles. The Morgan fingerprint density at radius 2 is 2.36 bits per heavy atom. The first-order valence-corrected chi connectivity index (χ1v) is 4.43. The first-order chi connectivity index (χ1) is 6.68. The van der Waals surface area contributed by atoms with Gasteiger partial charge < -0.3 is 9.15 Å². The van der Waals surface area contributed by atoms with Crippen molar-refractivity contribution < 1.29 is 18.7 Å². The molecule has 2 heterocycles. The molecule has 1 fully saturated rings. The molecule has 1 aliphatic heterocycles. The van der Waals surface area contributed by atoms with E-state index in [2.05, 4.69) is 0 Å². The molecule has 2 rings (SSSR count). The van der Waals surface area contributed by atoms with Gasteiger partial charge in [-0.05, 0) is 19.1 Å². The topological polar surface area (TPSA) is 56.5 Å². The molecule has 0 amide bonds. The van der Waals surface area contributed by atoms with Crippen molar-refractivity contribution in [2.75, 3.05) is 0 Å². The highest BCUT2D eigenvalue weighted by Gasteiger charge is 2.39. The van der Waals surface area contributed by atoms with Gasteiger partial charge >= 0.3 is 5.97 Å². The maximum Gasteiger partial charge on any atom is 0.317 e. The molecule has 0 radical (unpaired) electrons. The number of cyclic esters (lactones) is 1. The van der Waals surface area contributed by atoms with Crippen LogP contribution < -0.4 is 0 Å². The Hall–Kier alpha value is -1.58. The predicted octanol–water partition coefficient (Wildman–Crippen LogP) is 1.47. The molecule has 2 atom stereocenters. The molecule has 1 saturated heterocycles. The monoisotopic (exact) mass is 194 g/mol. The van der Waals surface area contributed by atoms with Gasteiger partial charge in [-0.2, -0.15) is 0 Å². The van der Waals surface area contributed by atoms with Gasteiger partial charge in [0.05, 0.1) is 6.26 Å². The fourth-order valence-corrected chi connectivity index (χ4v) is 1.56. The second-order valence-electron chi connectivity index (χ2n) is 3.34. The Balaban J connectivity index is 2.14. The molecule has 0 N–H and O–H groups in total. The lowest BCUT2D eigenvalue weighted by Crippen LogP contribution is -2.15. The van der Waals surface area contributed by atoms with E-state index in [4.69, 9.17) is 9.15 Å². The second-order valence-corrected chi connectivity index (χ2v) is 3.34. The van der Waals surface area contributed by atoms with Crippen LogP contribution in [0.5, 0.6) is 0 Å². The quantitative estimate of drug-likeness (QED) is 0.528. The number of furan rings is 1. The van der Waals surface area contributed by atoms with Crippen LogP contribution in [0.4, 0.5) is 0 Å². The Morgan fingerprint density at radius 3 is 2.86 bits per heavy atom. The van der Waals surface area contributed by atoms with Gasteiger partial charge in [0, 0.05) is 6.42 Å². The van der Waals surface area contributed by atoms with Crippen LogP contribution in [-0.2, 0) is 14.3 Å². The van der Waals surface area contributed by atoms with Crippen LogP contribution in [0, 0.1) is 5.92 Å². The molecular formula is C10H10O4. The van der Waals surface area contributed by atoms with Gasteiger partial charge in [0.15, 0.2) is 6.10 Å². The summed E-state index contributed by atoms with van der Waals surface area (Å²) in [7, 11) is 0. The molecule has 74 valence electrons. The zero-order valence-electron chi connectivity index (χ0n) is 7.73. The summed E-state index contributed by atoms with van der Waals surface area (Å²) in [5, 5.41) is 0. The van der Waals surface area contributed by atoms with E-state index >= 15 is 0 Å². The van der Waals surface area contributed by atoms with Crippen molar-refractivity contribution in [2.24, 2.45) is 5.92 Å². The summed E-state index contributed by atoms with van der Waals surface area (Å²) >= 11 is 0. The van der Waals surface area contributed by atoms with E-state index in [1.54, 1.807) is 12.1 Å². The van der Waals surface area contributed by atoms with Crippen LogP contribution >= 0.6 is 0 Å². The van der Waals surface area contributed by atoms with E-state index in [9.17, 15) is 9.59 Å². The number of carbonyl (C=O) groups is 2. The van der Waals surface area contributed by atoms with Gasteiger partial charge in [-0.3, -0.25) is 9.59 Å². The lowest BCUT2D eigenvalue weighted by atomic mass is 10.0. The molecular weight excluding hydrogens is 184 g/mol. The first kappa shape index (κ1) is 8.99. The van der Waals surface area contributed by atoms with E-state index in [1.165, 1.54) is 13.2 Å². The third-order valence-electron chi connectivity index (χ3n) is 2.34. The molecule has 2 unspecified atom stereocenters. The Labute approximate surface area is 80.8 Å². The van der Waals surface area contributed by atoms with Crippen molar-refractivity contribution in [1.82, 2.24) is 0 Å². The van der Waals surface area contributed by atoms with Crippen LogP contribution in [0.2, 0.25) is 0 Å². The fraction of sp³-hybridized carbons (Fsp3) is 0.400. The van der Waals surface area contributed by atoms with Gasteiger partial charge in [0.25, 0.3) is 0 Å². The minimum atomic E-state index is -0.620. The van der Waals surface area contributed by atoms with Crippen LogP contribution in [0.15, 0.2) is 22.8 Å². The van der Waals surface area contributed by atoms with Crippen LogP contribution in [0.3, 0.4) is 0 Å². The molecule has 0 spiro atoms. The van der Waals surface area contributed by atoms with Gasteiger partial charge in [0.1, 0.15) is 17.5 Å². The number of esters is 1. The number of ketones is 1. The molecule has 1 aliphatic rings. The number of carbonyl (C=O) groups excluding carboxylic acids is 2. The largest absolute Gasteiger partial charge is 0.465 e. The molecule has 0 aliphatic carbocycles. The lowest BCUT2D eigenvalue weighted by Gasteiger charge is -2.03. The molecule has 4 nitrogen and oxygen atoms in total. The van der Waals surface area contributed by atoms with E-state index in [1.807, 2.05) is 0 Å². The number of hydrogen-bond donors (Lipinski definition) is 0. The third-order valence-corrected chi connectivity index (χ3v) is 2.34. The van der Waals surface area contributed by atoms with Crippen molar-refractivity contribution in [2.45, 2.75) is 19.4 Å². The van der Waals surface area contributed by atoms with Crippen molar-refractivity contribution in [3.8, 4) is 0 Å². The zero-order chi connectivity index (χ0) is 10.1. The highest BCUT2D eigenvalue weighted by Crippen LogP contribution is 2.33. The number of Topliss-reactive ketones (excluding diaryl/α,β-unsaturated/α-hetero) is 1. The summed E-state index contributed by atoms with van der Waals surface area (Å²) in [6, 6.07) is 3.46. The number of hydrogen-bond acceptors (Lipinski definition) is 4. The third kappa shape index (κ3) is 1.43. The first-order valence-electron chi connectivity index (χ1n) is 4.43. The zero-order valence-corrected chi connectivity index (χ0v) is 7.73. The summed E-state index contributed by atoms with van der Waals surface area (Å²) in [6.07, 6.45) is 1.51. The van der Waals surface area contributed by atoms with Gasteiger partial charge in [-0.1, -0.05) is 0 Å². The summed E-state index contributed by atoms with van der Waals surface area (Å²) < 4.78 is 10.1. The number of ether oxygens (including phenoxy) is 1. The molecule has 1 aromatic rings. The molecule has 0 bridgehead atoms. The van der Waals surface area contributed by atoms with Crippen LogP contribution in [-0.4, -0.2) is 11.8 Å². The van der Waals surface area contributed by atoms with E-state index < -0.39 is 18.0 Å². The van der Waals surface area contributed by atoms with Crippen molar-refractivity contribution in [3.05, 3.63) is 24.2 Å².